The Bertz CT molecular complexity index is 1710. The van der Waals surface area contributed by atoms with Crippen molar-refractivity contribution in [3.05, 3.63) is 118 Å². The molecule has 0 aliphatic carbocycles. The Labute approximate surface area is 232 Å². The number of hydrogen-bond donors (Lipinski definition) is 1. The van der Waals surface area contributed by atoms with E-state index in [1.807, 2.05) is 60.7 Å². The number of benzene rings is 3. The highest BCUT2D eigenvalue weighted by molar-refractivity contribution is 7.22. The molecule has 7 nitrogen and oxygen atoms in total. The Morgan fingerprint density at radius 2 is 1.85 bits per heavy atom. The standard InChI is InChI=1S/C30H22N2O5S2/c1-36-20-12-13-22-24(16-20)39-30(31-22)32-26(25(28(34)29(32)35)27(33)23-11-6-14-38-23)19-9-5-10-21(15-19)37-17-18-7-3-2-4-8-18/h2-16,26,34H,17H2,1H3. The van der Waals surface area contributed by atoms with Crippen LogP contribution < -0.4 is 14.4 Å². The van der Waals surface area contributed by atoms with Crippen LogP contribution >= 0.6 is 22.7 Å². The Morgan fingerprint density at radius 1 is 1.00 bits per heavy atom. The van der Waals surface area contributed by atoms with E-state index in [0.29, 0.717) is 39.2 Å². The molecule has 1 atom stereocenters. The monoisotopic (exact) mass is 554 g/mol. The zero-order valence-electron chi connectivity index (χ0n) is 20.7. The van der Waals surface area contributed by atoms with Crippen molar-refractivity contribution in [3.8, 4) is 11.5 Å². The first-order valence-corrected chi connectivity index (χ1v) is 13.8. The van der Waals surface area contributed by atoms with Gasteiger partial charge in [0, 0.05) is 0 Å². The van der Waals surface area contributed by atoms with Gasteiger partial charge in [-0.25, -0.2) is 4.98 Å². The number of carbonyl (C=O) groups is 2. The van der Waals surface area contributed by atoms with E-state index in [9.17, 15) is 14.7 Å². The average molecular weight is 555 g/mol. The van der Waals surface area contributed by atoms with Gasteiger partial charge in [0.05, 0.1) is 33.8 Å². The second kappa shape index (κ2) is 10.4. The van der Waals surface area contributed by atoms with Crippen LogP contribution in [0.2, 0.25) is 0 Å². The largest absolute Gasteiger partial charge is 0.503 e. The van der Waals surface area contributed by atoms with Crippen LogP contribution in [0.3, 0.4) is 0 Å². The van der Waals surface area contributed by atoms with E-state index in [1.165, 1.54) is 27.6 Å². The number of rotatable bonds is 8. The first-order valence-electron chi connectivity index (χ1n) is 12.1. The van der Waals surface area contributed by atoms with Gasteiger partial charge in [0.15, 0.2) is 10.9 Å². The number of aliphatic hydroxyl groups excluding tert-OH is 1. The summed E-state index contributed by atoms with van der Waals surface area (Å²) in [7, 11) is 1.58. The van der Waals surface area contributed by atoms with E-state index in [-0.39, 0.29) is 5.57 Å². The zero-order valence-corrected chi connectivity index (χ0v) is 22.4. The van der Waals surface area contributed by atoms with Gasteiger partial charge in [-0.2, -0.15) is 0 Å². The summed E-state index contributed by atoms with van der Waals surface area (Å²) >= 11 is 2.54. The Hall–Kier alpha value is -4.47. The number of nitrogens with zero attached hydrogens (tertiary/aromatic N) is 2. The number of Topliss-reactive ketones (excluding diaryl/α,β-unsaturated/α-hetero) is 1. The van der Waals surface area contributed by atoms with E-state index < -0.39 is 23.5 Å². The van der Waals surface area contributed by atoms with Gasteiger partial charge in [0.1, 0.15) is 18.1 Å². The molecule has 1 aliphatic heterocycles. The SMILES string of the molecule is COc1ccc2nc(N3C(=O)C(O)=C(C(=O)c4cccs4)C3c3cccc(OCc4ccccc4)c3)sc2c1. The van der Waals surface area contributed by atoms with E-state index in [4.69, 9.17) is 9.47 Å². The number of anilines is 1. The van der Waals surface area contributed by atoms with Crippen LogP contribution in [0.5, 0.6) is 11.5 Å². The maximum absolute atomic E-state index is 13.6. The van der Waals surface area contributed by atoms with Crippen molar-refractivity contribution in [3.63, 3.8) is 0 Å². The summed E-state index contributed by atoms with van der Waals surface area (Å²) in [6.07, 6.45) is 0. The Morgan fingerprint density at radius 3 is 2.62 bits per heavy atom. The second-order valence-electron chi connectivity index (χ2n) is 8.82. The Kier molecular flexibility index (Phi) is 6.60. The molecule has 5 aromatic rings. The number of carbonyl (C=O) groups excluding carboxylic acids is 2. The summed E-state index contributed by atoms with van der Waals surface area (Å²) in [5.41, 5.74) is 2.32. The molecule has 1 amide bonds. The van der Waals surface area contributed by atoms with Gasteiger partial charge in [0.25, 0.3) is 5.91 Å². The van der Waals surface area contributed by atoms with Gasteiger partial charge in [0.2, 0.25) is 5.78 Å². The molecule has 0 bridgehead atoms. The molecule has 0 saturated heterocycles. The number of methoxy groups -OCH3 is 1. The van der Waals surface area contributed by atoms with E-state index in [1.54, 1.807) is 36.8 Å². The number of fused-ring (bicyclic) bond motifs is 1. The van der Waals surface area contributed by atoms with Crippen molar-refractivity contribution in [2.75, 3.05) is 12.0 Å². The molecular weight excluding hydrogens is 532 g/mol. The molecule has 39 heavy (non-hydrogen) atoms. The van der Waals surface area contributed by atoms with Gasteiger partial charge in [-0.3, -0.25) is 14.5 Å². The van der Waals surface area contributed by atoms with Gasteiger partial charge in [-0.15, -0.1) is 11.3 Å². The fourth-order valence-electron chi connectivity index (χ4n) is 4.53. The molecule has 1 unspecified atom stereocenters. The number of ether oxygens (including phenoxy) is 2. The lowest BCUT2D eigenvalue weighted by Gasteiger charge is -2.24. The van der Waals surface area contributed by atoms with Crippen LogP contribution in [0.1, 0.15) is 26.8 Å². The van der Waals surface area contributed by atoms with Crippen LogP contribution in [-0.2, 0) is 11.4 Å². The Balaban J connectivity index is 1.43. The van der Waals surface area contributed by atoms with Gasteiger partial charge in [-0.05, 0) is 52.9 Å². The number of thiazole rings is 1. The third-order valence-electron chi connectivity index (χ3n) is 6.41. The first-order chi connectivity index (χ1) is 19.0. The quantitative estimate of drug-likeness (QED) is 0.214. The molecule has 194 valence electrons. The molecule has 9 heteroatoms. The minimum atomic E-state index is -0.894. The number of thiophene rings is 1. The average Bonchev–Trinajstić information content (AvgIpc) is 3.71. The van der Waals surface area contributed by atoms with Gasteiger partial charge < -0.3 is 14.6 Å². The van der Waals surface area contributed by atoms with Crippen LogP contribution in [-0.4, -0.2) is 28.9 Å². The molecule has 3 aromatic carbocycles. The molecule has 2 aromatic heterocycles. The van der Waals surface area contributed by atoms with E-state index >= 15 is 0 Å². The van der Waals surface area contributed by atoms with E-state index in [2.05, 4.69) is 4.98 Å². The summed E-state index contributed by atoms with van der Waals surface area (Å²) < 4.78 is 12.2. The highest BCUT2D eigenvalue weighted by Crippen LogP contribution is 2.45. The van der Waals surface area contributed by atoms with Crippen LogP contribution in [0, 0.1) is 0 Å². The van der Waals surface area contributed by atoms with Gasteiger partial charge >= 0.3 is 0 Å². The zero-order chi connectivity index (χ0) is 26.9. The second-order valence-corrected chi connectivity index (χ2v) is 10.8. The van der Waals surface area contributed by atoms with Crippen molar-refractivity contribution in [2.24, 2.45) is 0 Å². The normalized spacial score (nSPS) is 15.3. The summed E-state index contributed by atoms with van der Waals surface area (Å²) in [5, 5.41) is 13.2. The summed E-state index contributed by atoms with van der Waals surface area (Å²) in [5.74, 6) is -0.416. The molecule has 3 heterocycles. The van der Waals surface area contributed by atoms with E-state index in [0.717, 1.165) is 10.3 Å². The maximum Gasteiger partial charge on any atom is 0.296 e. The third kappa shape index (κ3) is 4.67. The summed E-state index contributed by atoms with van der Waals surface area (Å²) in [6, 6.07) is 25.0. The lowest BCUT2D eigenvalue weighted by molar-refractivity contribution is -0.117. The molecule has 6 rings (SSSR count). The smallest absolute Gasteiger partial charge is 0.296 e. The fraction of sp³-hybridized carbons (Fsp3) is 0.100. The molecular formula is C30H22N2O5S2. The van der Waals surface area contributed by atoms with Crippen molar-refractivity contribution < 1.29 is 24.2 Å². The lowest BCUT2D eigenvalue weighted by Crippen LogP contribution is -2.30. The molecule has 1 N–H and O–H groups in total. The number of aromatic nitrogens is 1. The van der Waals surface area contributed by atoms with Crippen LogP contribution in [0.15, 0.2) is 102 Å². The minimum absolute atomic E-state index is 0.0134. The summed E-state index contributed by atoms with van der Waals surface area (Å²) in [6.45, 7) is 0.360. The third-order valence-corrected chi connectivity index (χ3v) is 8.30. The van der Waals surface area contributed by atoms with Crippen LogP contribution in [0.4, 0.5) is 5.13 Å². The number of hydrogen-bond acceptors (Lipinski definition) is 8. The van der Waals surface area contributed by atoms with Crippen molar-refractivity contribution in [1.29, 1.82) is 0 Å². The predicted molar refractivity (Wildman–Crippen MR) is 152 cm³/mol. The highest BCUT2D eigenvalue weighted by atomic mass is 32.1. The molecule has 0 saturated carbocycles. The van der Waals surface area contributed by atoms with Crippen molar-refractivity contribution >= 4 is 49.7 Å². The summed E-state index contributed by atoms with van der Waals surface area (Å²) in [4.78, 5) is 33.7. The molecule has 0 radical (unpaired) electrons. The van der Waals surface area contributed by atoms with Crippen molar-refractivity contribution in [1.82, 2.24) is 4.98 Å². The minimum Gasteiger partial charge on any atom is -0.503 e. The molecule has 0 spiro atoms. The van der Waals surface area contributed by atoms with Gasteiger partial charge in [-0.1, -0.05) is 59.9 Å². The predicted octanol–water partition coefficient (Wildman–Crippen LogP) is 6.73. The van der Waals surface area contributed by atoms with Crippen molar-refractivity contribution in [2.45, 2.75) is 12.6 Å². The number of ketones is 1. The lowest BCUT2D eigenvalue weighted by atomic mass is 9.95. The topological polar surface area (TPSA) is 89.0 Å². The molecule has 1 aliphatic rings. The molecule has 0 fully saturated rings. The number of aliphatic hydroxyl groups is 1. The highest BCUT2D eigenvalue weighted by Gasteiger charge is 2.46. The fourth-order valence-corrected chi connectivity index (χ4v) is 6.23. The number of amides is 1. The van der Waals surface area contributed by atoms with Crippen LogP contribution in [0.25, 0.3) is 10.2 Å². The maximum atomic E-state index is 13.6. The first kappa shape index (κ1) is 24.8.